The fraction of sp³-hybridized carbons (Fsp3) is 0.176. The van der Waals surface area contributed by atoms with Gasteiger partial charge in [-0.15, -0.1) is 13.2 Å². The Kier molecular flexibility index (Phi) is 5.97. The number of halogens is 3. The summed E-state index contributed by atoms with van der Waals surface area (Å²) in [4.78, 5) is 12.0. The highest BCUT2D eigenvalue weighted by Gasteiger charge is 2.31. The number of nitrogens with one attached hydrogen (secondary N) is 2. The van der Waals surface area contributed by atoms with E-state index < -0.39 is 12.3 Å². The molecular formula is C17H15F3N2O2S. The van der Waals surface area contributed by atoms with Gasteiger partial charge in [-0.2, -0.15) is 0 Å². The molecule has 0 spiro atoms. The molecule has 132 valence electrons. The van der Waals surface area contributed by atoms with E-state index in [1.807, 2.05) is 6.92 Å². The van der Waals surface area contributed by atoms with Crippen LogP contribution < -0.4 is 15.4 Å². The zero-order valence-electron chi connectivity index (χ0n) is 13.2. The number of benzene rings is 2. The predicted octanol–water partition coefficient (Wildman–Crippen LogP) is 3.70. The second kappa shape index (κ2) is 7.98. The molecule has 8 heteroatoms. The average molecular weight is 368 g/mol. The second-order valence-corrected chi connectivity index (χ2v) is 5.57. The number of para-hydroxylation sites is 1. The first kappa shape index (κ1) is 18.7. The van der Waals surface area contributed by atoms with Gasteiger partial charge in [0.25, 0.3) is 5.91 Å². The van der Waals surface area contributed by atoms with Gasteiger partial charge < -0.3 is 10.1 Å². The molecule has 0 heterocycles. The average Bonchev–Trinajstić information content (AvgIpc) is 2.53. The van der Waals surface area contributed by atoms with Crippen LogP contribution in [-0.4, -0.2) is 17.4 Å². The predicted molar refractivity (Wildman–Crippen MR) is 91.2 cm³/mol. The molecule has 0 radical (unpaired) electrons. The molecule has 0 unspecified atom stereocenters. The Morgan fingerprint density at radius 2 is 1.76 bits per heavy atom. The largest absolute Gasteiger partial charge is 0.573 e. The van der Waals surface area contributed by atoms with Crippen molar-refractivity contribution in [3.8, 4) is 5.75 Å². The van der Waals surface area contributed by atoms with E-state index in [-0.39, 0.29) is 23.0 Å². The highest BCUT2D eigenvalue weighted by atomic mass is 32.1. The fourth-order valence-corrected chi connectivity index (χ4v) is 2.14. The molecule has 1 amide bonds. The van der Waals surface area contributed by atoms with Crippen molar-refractivity contribution in [1.29, 1.82) is 0 Å². The molecule has 0 saturated heterocycles. The van der Waals surface area contributed by atoms with Gasteiger partial charge in [0.05, 0.1) is 0 Å². The third-order valence-electron chi connectivity index (χ3n) is 3.18. The highest BCUT2D eigenvalue weighted by Crippen LogP contribution is 2.26. The quantitative estimate of drug-likeness (QED) is 0.808. The fourth-order valence-electron chi connectivity index (χ4n) is 1.97. The maximum Gasteiger partial charge on any atom is 0.573 e. The summed E-state index contributed by atoms with van der Waals surface area (Å²) in [6, 6.07) is 12.6. The number of aryl methyl sites for hydroxylation is 1. The molecule has 0 bridgehead atoms. The van der Waals surface area contributed by atoms with Gasteiger partial charge in [-0.25, -0.2) is 0 Å². The summed E-state index contributed by atoms with van der Waals surface area (Å²) < 4.78 is 41.1. The SMILES string of the molecule is Cc1ccc(C(=O)NC(=S)NCc2ccccc2OC(F)(F)F)cc1. The molecule has 0 aliphatic rings. The number of rotatable bonds is 4. The number of carbonyl (C=O) groups excluding carboxylic acids is 1. The zero-order chi connectivity index (χ0) is 18.4. The van der Waals surface area contributed by atoms with Crippen molar-refractivity contribution in [2.45, 2.75) is 19.8 Å². The van der Waals surface area contributed by atoms with Crippen LogP contribution in [0.4, 0.5) is 13.2 Å². The van der Waals surface area contributed by atoms with Crippen LogP contribution in [0, 0.1) is 6.92 Å². The van der Waals surface area contributed by atoms with Gasteiger partial charge in [-0.3, -0.25) is 10.1 Å². The van der Waals surface area contributed by atoms with Gasteiger partial charge in [0.15, 0.2) is 5.11 Å². The first-order valence-electron chi connectivity index (χ1n) is 7.24. The molecule has 0 aromatic heterocycles. The van der Waals surface area contributed by atoms with Crippen molar-refractivity contribution in [3.63, 3.8) is 0 Å². The van der Waals surface area contributed by atoms with E-state index in [0.29, 0.717) is 5.56 Å². The lowest BCUT2D eigenvalue weighted by molar-refractivity contribution is -0.274. The second-order valence-electron chi connectivity index (χ2n) is 5.16. The van der Waals surface area contributed by atoms with E-state index in [1.54, 1.807) is 30.3 Å². The molecule has 0 aliphatic heterocycles. The smallest absolute Gasteiger partial charge is 0.405 e. The maximum absolute atomic E-state index is 12.4. The minimum absolute atomic E-state index is 0.00684. The molecule has 2 rings (SSSR count). The number of hydrogen-bond donors (Lipinski definition) is 2. The standard InChI is InChI=1S/C17H15F3N2O2S/c1-11-6-8-12(9-7-11)15(23)22-16(25)21-10-13-4-2-3-5-14(13)24-17(18,19)20/h2-9H,10H2,1H3,(H2,21,22,23,25). The topological polar surface area (TPSA) is 50.4 Å². The summed E-state index contributed by atoms with van der Waals surface area (Å²) in [6.45, 7) is 1.87. The Morgan fingerprint density at radius 1 is 1.12 bits per heavy atom. The van der Waals surface area contributed by atoms with Gasteiger partial charge in [0, 0.05) is 17.7 Å². The Hall–Kier alpha value is -2.61. The maximum atomic E-state index is 12.4. The summed E-state index contributed by atoms with van der Waals surface area (Å²) in [6.07, 6.45) is -4.78. The number of alkyl halides is 3. The molecular weight excluding hydrogens is 353 g/mol. The molecule has 0 atom stereocenters. The summed E-state index contributed by atoms with van der Waals surface area (Å²) in [5.74, 6) is -0.729. The van der Waals surface area contributed by atoms with Crippen molar-refractivity contribution in [3.05, 3.63) is 65.2 Å². The van der Waals surface area contributed by atoms with Gasteiger partial charge in [0.2, 0.25) is 0 Å². The van der Waals surface area contributed by atoms with Crippen LogP contribution in [0.25, 0.3) is 0 Å². The molecule has 2 aromatic carbocycles. The van der Waals surface area contributed by atoms with E-state index in [2.05, 4.69) is 15.4 Å². The van der Waals surface area contributed by atoms with Crippen LogP contribution in [0.15, 0.2) is 48.5 Å². The van der Waals surface area contributed by atoms with E-state index in [0.717, 1.165) is 5.56 Å². The van der Waals surface area contributed by atoms with Crippen LogP contribution >= 0.6 is 12.2 Å². The normalized spacial score (nSPS) is 10.9. The molecule has 2 N–H and O–H groups in total. The molecule has 0 fully saturated rings. The first-order chi connectivity index (χ1) is 11.7. The van der Waals surface area contributed by atoms with Gasteiger partial charge in [-0.1, -0.05) is 35.9 Å². The van der Waals surface area contributed by atoms with Crippen LogP contribution in [0.1, 0.15) is 21.5 Å². The first-order valence-corrected chi connectivity index (χ1v) is 7.65. The van der Waals surface area contributed by atoms with Crippen molar-refractivity contribution in [2.75, 3.05) is 0 Å². The van der Waals surface area contributed by atoms with Gasteiger partial charge >= 0.3 is 6.36 Å². The Bertz CT molecular complexity index is 761. The minimum Gasteiger partial charge on any atom is -0.405 e. The van der Waals surface area contributed by atoms with E-state index in [4.69, 9.17) is 12.2 Å². The third kappa shape index (κ3) is 6.07. The van der Waals surface area contributed by atoms with Gasteiger partial charge in [0.1, 0.15) is 5.75 Å². The number of amides is 1. The van der Waals surface area contributed by atoms with E-state index in [1.165, 1.54) is 18.2 Å². The monoisotopic (exact) mass is 368 g/mol. The van der Waals surface area contributed by atoms with Crippen molar-refractivity contribution >= 4 is 23.2 Å². The summed E-state index contributed by atoms with van der Waals surface area (Å²) >= 11 is 5.00. The Labute approximate surface area is 148 Å². The highest BCUT2D eigenvalue weighted by molar-refractivity contribution is 7.80. The lowest BCUT2D eigenvalue weighted by Crippen LogP contribution is -2.39. The minimum atomic E-state index is -4.78. The number of thiocarbonyl (C=S) groups is 1. The lowest BCUT2D eigenvalue weighted by atomic mass is 10.1. The molecule has 25 heavy (non-hydrogen) atoms. The molecule has 0 saturated carbocycles. The summed E-state index contributed by atoms with van der Waals surface area (Å²) in [5, 5.41) is 5.17. The lowest BCUT2D eigenvalue weighted by Gasteiger charge is -2.14. The third-order valence-corrected chi connectivity index (χ3v) is 3.42. The van der Waals surface area contributed by atoms with Crippen molar-refractivity contribution < 1.29 is 22.7 Å². The van der Waals surface area contributed by atoms with E-state index in [9.17, 15) is 18.0 Å². The Morgan fingerprint density at radius 3 is 2.40 bits per heavy atom. The number of hydrogen-bond acceptors (Lipinski definition) is 3. The van der Waals surface area contributed by atoms with Crippen molar-refractivity contribution in [1.82, 2.24) is 10.6 Å². The van der Waals surface area contributed by atoms with Gasteiger partial charge in [-0.05, 0) is 37.3 Å². The molecule has 0 aliphatic carbocycles. The van der Waals surface area contributed by atoms with Crippen LogP contribution in [0.2, 0.25) is 0 Å². The zero-order valence-corrected chi connectivity index (χ0v) is 14.0. The molecule has 4 nitrogen and oxygen atoms in total. The molecule has 2 aromatic rings. The Balaban J connectivity index is 1.94. The summed E-state index contributed by atoms with van der Waals surface area (Å²) in [7, 11) is 0. The number of carbonyl (C=O) groups is 1. The van der Waals surface area contributed by atoms with Crippen LogP contribution in [-0.2, 0) is 6.54 Å². The number of ether oxygens (including phenoxy) is 1. The van der Waals surface area contributed by atoms with Crippen LogP contribution in [0.3, 0.4) is 0 Å². The summed E-state index contributed by atoms with van der Waals surface area (Å²) in [5.41, 5.74) is 1.70. The van der Waals surface area contributed by atoms with E-state index >= 15 is 0 Å². The van der Waals surface area contributed by atoms with Crippen molar-refractivity contribution in [2.24, 2.45) is 0 Å². The van der Waals surface area contributed by atoms with Crippen LogP contribution in [0.5, 0.6) is 5.75 Å².